The molecule has 2 amide bonds. The summed E-state index contributed by atoms with van der Waals surface area (Å²) >= 11 is 0. The van der Waals surface area contributed by atoms with E-state index in [-0.39, 0.29) is 23.8 Å². The number of likely N-dealkylation sites (tertiary alicyclic amines) is 1. The summed E-state index contributed by atoms with van der Waals surface area (Å²) in [6, 6.07) is 13.3. The number of piperidine rings is 1. The Morgan fingerprint density at radius 2 is 1.94 bits per heavy atom. The standard InChI is InChI=1S/C23H23F2N5O3/c24-23(25)33-20-10-4-2-8-18(20)22(32)29-11-5-7-17(12-29)21(31)28-19-9-3-1-6-16(19)13-30-15-26-14-27-30/h1-4,6,8-10,14-15,17,23H,5,7,11-13H2,(H,28,31). The molecular formula is C23H23F2N5O3. The lowest BCUT2D eigenvalue weighted by atomic mass is 9.96. The van der Waals surface area contributed by atoms with E-state index in [1.807, 2.05) is 24.3 Å². The number of para-hydroxylation sites is 2. The Hall–Kier alpha value is -3.82. The van der Waals surface area contributed by atoms with Gasteiger partial charge in [0.05, 0.1) is 18.0 Å². The Balaban J connectivity index is 1.44. The number of benzene rings is 2. The van der Waals surface area contributed by atoms with Gasteiger partial charge < -0.3 is 15.0 Å². The van der Waals surface area contributed by atoms with Crippen LogP contribution in [0.15, 0.2) is 61.2 Å². The minimum atomic E-state index is -3.03. The molecule has 0 spiro atoms. The predicted octanol–water partition coefficient (Wildman–Crippen LogP) is 3.42. The highest BCUT2D eigenvalue weighted by Gasteiger charge is 2.30. The minimum absolute atomic E-state index is 0.0528. The number of halogens is 2. The number of carbonyl (C=O) groups excluding carboxylic acids is 2. The zero-order chi connectivity index (χ0) is 23.2. The molecule has 33 heavy (non-hydrogen) atoms. The van der Waals surface area contributed by atoms with Gasteiger partial charge in [-0.15, -0.1) is 0 Å². The van der Waals surface area contributed by atoms with Crippen LogP contribution in [0, 0.1) is 5.92 Å². The van der Waals surface area contributed by atoms with Crippen molar-refractivity contribution in [3.63, 3.8) is 0 Å². The Labute approximate surface area is 189 Å². The SMILES string of the molecule is O=C(Nc1ccccc1Cn1cncn1)C1CCCN(C(=O)c2ccccc2OC(F)F)C1. The molecule has 1 fully saturated rings. The third kappa shape index (κ3) is 5.51. The highest BCUT2D eigenvalue weighted by molar-refractivity contribution is 5.98. The maximum atomic E-state index is 13.0. The van der Waals surface area contributed by atoms with Crippen LogP contribution < -0.4 is 10.1 Å². The van der Waals surface area contributed by atoms with E-state index in [4.69, 9.17) is 0 Å². The first-order valence-corrected chi connectivity index (χ1v) is 10.6. The van der Waals surface area contributed by atoms with Gasteiger partial charge in [0.15, 0.2) is 0 Å². The quantitative estimate of drug-likeness (QED) is 0.590. The summed E-state index contributed by atoms with van der Waals surface area (Å²) < 4.78 is 31.6. The second-order valence-electron chi connectivity index (χ2n) is 7.70. The van der Waals surface area contributed by atoms with Gasteiger partial charge >= 0.3 is 6.61 Å². The normalized spacial score (nSPS) is 16.0. The van der Waals surface area contributed by atoms with Crippen LogP contribution in [0.25, 0.3) is 0 Å². The number of alkyl halides is 2. The number of rotatable bonds is 7. The fourth-order valence-electron chi connectivity index (χ4n) is 3.89. The van der Waals surface area contributed by atoms with Crippen LogP contribution in [0.3, 0.4) is 0 Å². The first-order valence-electron chi connectivity index (χ1n) is 10.6. The number of nitrogens with zero attached hydrogens (tertiary/aromatic N) is 4. The molecule has 4 rings (SSSR count). The van der Waals surface area contributed by atoms with Gasteiger partial charge in [0, 0.05) is 18.8 Å². The third-order valence-electron chi connectivity index (χ3n) is 5.49. The number of ether oxygens (including phenoxy) is 1. The van der Waals surface area contributed by atoms with Crippen molar-refractivity contribution in [3.8, 4) is 5.75 Å². The fourth-order valence-corrected chi connectivity index (χ4v) is 3.89. The molecule has 0 saturated carbocycles. The van der Waals surface area contributed by atoms with Crippen molar-refractivity contribution in [2.75, 3.05) is 18.4 Å². The molecule has 1 aliphatic heterocycles. The van der Waals surface area contributed by atoms with Crippen molar-refractivity contribution in [2.24, 2.45) is 5.92 Å². The maximum absolute atomic E-state index is 13.0. The Morgan fingerprint density at radius 3 is 2.73 bits per heavy atom. The van der Waals surface area contributed by atoms with Crippen molar-refractivity contribution in [3.05, 3.63) is 72.3 Å². The monoisotopic (exact) mass is 455 g/mol. The number of aromatic nitrogens is 3. The molecule has 2 heterocycles. The smallest absolute Gasteiger partial charge is 0.387 e. The molecule has 1 unspecified atom stereocenters. The summed E-state index contributed by atoms with van der Waals surface area (Å²) in [5.74, 6) is -1.23. The van der Waals surface area contributed by atoms with Gasteiger partial charge in [0.2, 0.25) is 5.91 Å². The number of anilines is 1. The largest absolute Gasteiger partial charge is 0.434 e. The lowest BCUT2D eigenvalue weighted by Crippen LogP contribution is -2.44. The Kier molecular flexibility index (Phi) is 6.92. The van der Waals surface area contributed by atoms with E-state index in [1.54, 1.807) is 17.1 Å². The fraction of sp³-hybridized carbons (Fsp3) is 0.304. The van der Waals surface area contributed by atoms with Gasteiger partial charge in [-0.05, 0) is 36.6 Å². The molecule has 1 aromatic heterocycles. The molecule has 3 aromatic rings. The highest BCUT2D eigenvalue weighted by Crippen LogP contribution is 2.26. The third-order valence-corrected chi connectivity index (χ3v) is 5.49. The lowest BCUT2D eigenvalue weighted by Gasteiger charge is -2.32. The van der Waals surface area contributed by atoms with E-state index in [0.717, 1.165) is 5.56 Å². The molecule has 172 valence electrons. The molecule has 1 aliphatic rings. The van der Waals surface area contributed by atoms with Crippen LogP contribution in [-0.2, 0) is 11.3 Å². The van der Waals surface area contributed by atoms with Gasteiger partial charge in [0.25, 0.3) is 5.91 Å². The average Bonchev–Trinajstić information content (AvgIpc) is 3.33. The number of carbonyl (C=O) groups is 2. The molecule has 8 nitrogen and oxygen atoms in total. The number of nitrogens with one attached hydrogen (secondary N) is 1. The highest BCUT2D eigenvalue weighted by atomic mass is 19.3. The molecule has 10 heteroatoms. The molecule has 0 radical (unpaired) electrons. The van der Waals surface area contributed by atoms with Gasteiger partial charge in [-0.1, -0.05) is 30.3 Å². The Morgan fingerprint density at radius 1 is 1.15 bits per heavy atom. The second-order valence-corrected chi connectivity index (χ2v) is 7.70. The summed E-state index contributed by atoms with van der Waals surface area (Å²) in [5, 5.41) is 7.06. The van der Waals surface area contributed by atoms with E-state index in [1.165, 1.54) is 29.4 Å². The van der Waals surface area contributed by atoms with Crippen molar-refractivity contribution in [1.29, 1.82) is 0 Å². The molecule has 1 atom stereocenters. The molecule has 2 aromatic carbocycles. The topological polar surface area (TPSA) is 89.4 Å². The lowest BCUT2D eigenvalue weighted by molar-refractivity contribution is -0.121. The van der Waals surface area contributed by atoms with Crippen LogP contribution in [0.2, 0.25) is 0 Å². The average molecular weight is 455 g/mol. The number of amides is 2. The van der Waals surface area contributed by atoms with Crippen LogP contribution in [0.5, 0.6) is 5.75 Å². The zero-order valence-corrected chi connectivity index (χ0v) is 17.7. The summed E-state index contributed by atoms with van der Waals surface area (Å²) in [6.07, 6.45) is 4.29. The number of hydrogen-bond donors (Lipinski definition) is 1. The van der Waals surface area contributed by atoms with Crippen molar-refractivity contribution >= 4 is 17.5 Å². The van der Waals surface area contributed by atoms with Gasteiger partial charge in [-0.3, -0.25) is 9.59 Å². The van der Waals surface area contributed by atoms with Crippen LogP contribution in [0.1, 0.15) is 28.8 Å². The van der Waals surface area contributed by atoms with Gasteiger partial charge in [0.1, 0.15) is 18.4 Å². The van der Waals surface area contributed by atoms with E-state index in [9.17, 15) is 18.4 Å². The van der Waals surface area contributed by atoms with E-state index in [2.05, 4.69) is 20.1 Å². The summed E-state index contributed by atoms with van der Waals surface area (Å²) in [4.78, 5) is 31.5. The summed E-state index contributed by atoms with van der Waals surface area (Å²) in [7, 11) is 0. The zero-order valence-electron chi connectivity index (χ0n) is 17.7. The van der Waals surface area contributed by atoms with Crippen molar-refractivity contribution in [2.45, 2.75) is 26.0 Å². The second kappa shape index (κ2) is 10.2. The van der Waals surface area contributed by atoms with E-state index >= 15 is 0 Å². The number of hydrogen-bond acceptors (Lipinski definition) is 5. The molecule has 1 saturated heterocycles. The molecule has 0 aliphatic carbocycles. The summed E-state index contributed by atoms with van der Waals surface area (Å²) in [5.41, 5.74) is 1.59. The first-order chi connectivity index (χ1) is 16.0. The predicted molar refractivity (Wildman–Crippen MR) is 116 cm³/mol. The molecule has 1 N–H and O–H groups in total. The van der Waals surface area contributed by atoms with Crippen LogP contribution in [-0.4, -0.2) is 51.2 Å². The van der Waals surface area contributed by atoms with Crippen LogP contribution in [0.4, 0.5) is 14.5 Å². The maximum Gasteiger partial charge on any atom is 0.387 e. The van der Waals surface area contributed by atoms with E-state index in [0.29, 0.717) is 31.6 Å². The van der Waals surface area contributed by atoms with Gasteiger partial charge in [-0.2, -0.15) is 13.9 Å². The van der Waals surface area contributed by atoms with Gasteiger partial charge in [-0.25, -0.2) is 9.67 Å². The summed E-state index contributed by atoms with van der Waals surface area (Å²) in [6.45, 7) is -1.95. The Bertz CT molecular complexity index is 1110. The van der Waals surface area contributed by atoms with Crippen LogP contribution >= 0.6 is 0 Å². The first kappa shape index (κ1) is 22.4. The van der Waals surface area contributed by atoms with E-state index < -0.39 is 18.4 Å². The molecular weight excluding hydrogens is 432 g/mol. The minimum Gasteiger partial charge on any atom is -0.434 e. The molecule has 0 bridgehead atoms. The van der Waals surface area contributed by atoms with Crippen molar-refractivity contribution in [1.82, 2.24) is 19.7 Å². The van der Waals surface area contributed by atoms with Crippen molar-refractivity contribution < 1.29 is 23.1 Å².